The molecule has 1 heterocycles. The Balaban J connectivity index is 1.40. The Bertz CT molecular complexity index is 889. The summed E-state index contributed by atoms with van der Waals surface area (Å²) in [6.45, 7) is 1.20. The molecule has 2 aliphatic rings. The summed E-state index contributed by atoms with van der Waals surface area (Å²) in [6, 6.07) is 15.8. The van der Waals surface area contributed by atoms with E-state index in [1.165, 1.54) is 5.56 Å². The molecule has 4 rings (SSSR count). The predicted octanol–water partition coefficient (Wildman–Crippen LogP) is 3.11. The molecule has 2 amide bonds. The molecule has 2 aromatic rings. The summed E-state index contributed by atoms with van der Waals surface area (Å²) in [7, 11) is 1.64. The summed E-state index contributed by atoms with van der Waals surface area (Å²) in [5.41, 5.74) is 2.38. The first-order chi connectivity index (χ1) is 13.6. The van der Waals surface area contributed by atoms with Crippen LogP contribution in [0.15, 0.2) is 48.5 Å². The van der Waals surface area contributed by atoms with Gasteiger partial charge >= 0.3 is 0 Å². The summed E-state index contributed by atoms with van der Waals surface area (Å²) in [6.07, 6.45) is 3.90. The first-order valence-corrected chi connectivity index (χ1v) is 9.95. The number of hydrogen-bond acceptors (Lipinski definition) is 3. The smallest absolute Gasteiger partial charge is 0.242 e. The van der Waals surface area contributed by atoms with E-state index in [1.54, 1.807) is 7.11 Å². The van der Waals surface area contributed by atoms with Crippen molar-refractivity contribution in [3.63, 3.8) is 0 Å². The van der Waals surface area contributed by atoms with E-state index in [9.17, 15) is 9.59 Å². The first kappa shape index (κ1) is 18.5. The van der Waals surface area contributed by atoms with Crippen LogP contribution in [0.4, 0.5) is 5.69 Å². The number of benzene rings is 2. The van der Waals surface area contributed by atoms with Gasteiger partial charge in [-0.05, 0) is 61.4 Å². The maximum atomic E-state index is 13.3. The fraction of sp³-hybridized carbons (Fsp3) is 0.391. The lowest BCUT2D eigenvalue weighted by Crippen LogP contribution is -2.47. The zero-order chi connectivity index (χ0) is 19.6. The first-order valence-electron chi connectivity index (χ1n) is 9.95. The highest BCUT2D eigenvalue weighted by Gasteiger charge is 2.58. The highest BCUT2D eigenvalue weighted by molar-refractivity contribution is 6.14. The second kappa shape index (κ2) is 7.66. The average molecular weight is 378 g/mol. The number of fused-ring (bicyclic) bond motifs is 1. The molecule has 1 N–H and O–H groups in total. The highest BCUT2D eigenvalue weighted by atomic mass is 16.5. The molecule has 1 saturated carbocycles. The second-order valence-corrected chi connectivity index (χ2v) is 7.63. The minimum atomic E-state index is -0.876. The van der Waals surface area contributed by atoms with Crippen molar-refractivity contribution in [3.05, 3.63) is 59.7 Å². The topological polar surface area (TPSA) is 58.6 Å². The summed E-state index contributed by atoms with van der Waals surface area (Å²) in [5, 5.41) is 2.99. The van der Waals surface area contributed by atoms with Crippen LogP contribution in [0.2, 0.25) is 0 Å². The monoisotopic (exact) mass is 378 g/mol. The van der Waals surface area contributed by atoms with Crippen LogP contribution in [-0.4, -0.2) is 32.0 Å². The summed E-state index contributed by atoms with van der Waals surface area (Å²) >= 11 is 0. The van der Waals surface area contributed by atoms with Crippen molar-refractivity contribution in [2.45, 2.75) is 32.1 Å². The Morgan fingerprint density at radius 1 is 1.14 bits per heavy atom. The van der Waals surface area contributed by atoms with E-state index in [0.29, 0.717) is 32.4 Å². The van der Waals surface area contributed by atoms with E-state index < -0.39 is 5.41 Å². The number of amides is 2. The van der Waals surface area contributed by atoms with Gasteiger partial charge < -0.3 is 15.0 Å². The van der Waals surface area contributed by atoms with Gasteiger partial charge in [-0.1, -0.05) is 30.3 Å². The van der Waals surface area contributed by atoms with E-state index in [0.717, 1.165) is 29.8 Å². The molecular weight excluding hydrogens is 352 g/mol. The predicted molar refractivity (Wildman–Crippen MR) is 108 cm³/mol. The number of rotatable bonds is 6. The van der Waals surface area contributed by atoms with Crippen molar-refractivity contribution in [2.75, 3.05) is 25.1 Å². The summed E-state index contributed by atoms with van der Waals surface area (Å²) in [5.74, 6) is 0.628. The Hall–Kier alpha value is -2.82. The van der Waals surface area contributed by atoms with E-state index >= 15 is 0 Å². The normalized spacial score (nSPS) is 16.8. The molecule has 5 heteroatoms. The standard InChI is InChI=1S/C23H26N2O3/c1-28-19-9-4-6-17(16-19)11-14-24-21(26)23(12-13-23)22(27)25-15-5-8-18-7-2-3-10-20(18)25/h2-4,6-7,9-10,16H,5,8,11-15H2,1H3,(H,24,26). The van der Waals surface area contributed by atoms with E-state index in [1.807, 2.05) is 47.4 Å². The van der Waals surface area contributed by atoms with Crippen molar-refractivity contribution >= 4 is 17.5 Å². The summed E-state index contributed by atoms with van der Waals surface area (Å²) < 4.78 is 5.24. The molecule has 0 radical (unpaired) electrons. The van der Waals surface area contributed by atoms with Crippen LogP contribution in [0.1, 0.15) is 30.4 Å². The molecule has 5 nitrogen and oxygen atoms in total. The van der Waals surface area contributed by atoms with Crippen molar-refractivity contribution in [2.24, 2.45) is 5.41 Å². The molecule has 0 saturated heterocycles. The van der Waals surface area contributed by atoms with Crippen LogP contribution in [-0.2, 0) is 22.4 Å². The molecule has 0 bridgehead atoms. The number of anilines is 1. The number of para-hydroxylation sites is 1. The number of carbonyl (C=O) groups is 2. The number of ether oxygens (including phenoxy) is 1. The van der Waals surface area contributed by atoms with Crippen molar-refractivity contribution in [1.29, 1.82) is 0 Å². The lowest BCUT2D eigenvalue weighted by Gasteiger charge is -2.32. The molecule has 146 valence electrons. The fourth-order valence-electron chi connectivity index (χ4n) is 3.98. The van der Waals surface area contributed by atoms with Gasteiger partial charge in [-0.2, -0.15) is 0 Å². The van der Waals surface area contributed by atoms with Gasteiger partial charge in [0.05, 0.1) is 7.11 Å². The molecule has 0 atom stereocenters. The number of aryl methyl sites for hydroxylation is 1. The van der Waals surface area contributed by atoms with Gasteiger partial charge in [-0.3, -0.25) is 9.59 Å². The Morgan fingerprint density at radius 3 is 2.75 bits per heavy atom. The average Bonchev–Trinajstić information content (AvgIpc) is 3.55. The van der Waals surface area contributed by atoms with Crippen LogP contribution in [0.3, 0.4) is 0 Å². The third-order valence-electron chi connectivity index (χ3n) is 5.78. The van der Waals surface area contributed by atoms with Gasteiger partial charge in [-0.15, -0.1) is 0 Å². The number of methoxy groups -OCH3 is 1. The summed E-state index contributed by atoms with van der Waals surface area (Å²) in [4.78, 5) is 27.9. The lowest BCUT2D eigenvalue weighted by molar-refractivity contribution is -0.135. The van der Waals surface area contributed by atoms with Gasteiger partial charge in [0.1, 0.15) is 11.2 Å². The van der Waals surface area contributed by atoms with Gasteiger partial charge in [0.2, 0.25) is 11.8 Å². The van der Waals surface area contributed by atoms with Crippen LogP contribution < -0.4 is 15.0 Å². The van der Waals surface area contributed by atoms with Crippen LogP contribution in [0, 0.1) is 5.41 Å². The molecule has 0 spiro atoms. The van der Waals surface area contributed by atoms with Crippen LogP contribution in [0.5, 0.6) is 5.75 Å². The SMILES string of the molecule is COc1cccc(CCNC(=O)C2(C(=O)N3CCCc4ccccc43)CC2)c1. The number of nitrogens with one attached hydrogen (secondary N) is 1. The second-order valence-electron chi connectivity index (χ2n) is 7.63. The number of hydrogen-bond donors (Lipinski definition) is 1. The molecule has 0 unspecified atom stereocenters. The zero-order valence-corrected chi connectivity index (χ0v) is 16.2. The van der Waals surface area contributed by atoms with Crippen LogP contribution >= 0.6 is 0 Å². The van der Waals surface area contributed by atoms with E-state index in [4.69, 9.17) is 4.74 Å². The number of carbonyl (C=O) groups excluding carboxylic acids is 2. The maximum Gasteiger partial charge on any atom is 0.242 e. The van der Waals surface area contributed by atoms with Crippen LogP contribution in [0.25, 0.3) is 0 Å². The van der Waals surface area contributed by atoms with Crippen molar-refractivity contribution in [3.8, 4) is 5.75 Å². The maximum absolute atomic E-state index is 13.3. The quantitative estimate of drug-likeness (QED) is 0.786. The molecule has 1 fully saturated rings. The third-order valence-corrected chi connectivity index (χ3v) is 5.78. The van der Waals surface area contributed by atoms with Gasteiger partial charge in [0.25, 0.3) is 0 Å². The van der Waals surface area contributed by atoms with E-state index in [2.05, 4.69) is 11.4 Å². The molecule has 1 aliphatic heterocycles. The molecule has 0 aromatic heterocycles. The minimum Gasteiger partial charge on any atom is -0.497 e. The number of nitrogens with zero attached hydrogens (tertiary/aromatic N) is 1. The molecule has 1 aliphatic carbocycles. The molecular formula is C23H26N2O3. The van der Waals surface area contributed by atoms with Gasteiger partial charge in [-0.25, -0.2) is 0 Å². The Kier molecular flexibility index (Phi) is 5.07. The van der Waals surface area contributed by atoms with Crippen molar-refractivity contribution < 1.29 is 14.3 Å². The molecule has 2 aromatic carbocycles. The van der Waals surface area contributed by atoms with Crippen molar-refractivity contribution in [1.82, 2.24) is 5.32 Å². The molecule has 28 heavy (non-hydrogen) atoms. The van der Waals surface area contributed by atoms with E-state index in [-0.39, 0.29) is 11.8 Å². The minimum absolute atomic E-state index is 0.0430. The van der Waals surface area contributed by atoms with Gasteiger partial charge in [0.15, 0.2) is 0 Å². The Labute approximate surface area is 165 Å². The Morgan fingerprint density at radius 2 is 1.96 bits per heavy atom. The fourth-order valence-corrected chi connectivity index (χ4v) is 3.98. The zero-order valence-electron chi connectivity index (χ0n) is 16.2. The highest BCUT2D eigenvalue weighted by Crippen LogP contribution is 2.48. The largest absolute Gasteiger partial charge is 0.497 e. The van der Waals surface area contributed by atoms with Gasteiger partial charge in [0, 0.05) is 18.8 Å². The lowest BCUT2D eigenvalue weighted by atomic mass is 9.97. The third kappa shape index (κ3) is 3.49.